The number of pyridine rings is 1. The highest BCUT2D eigenvalue weighted by Gasteiger charge is 2.45. The molecule has 2 unspecified atom stereocenters. The van der Waals surface area contributed by atoms with Gasteiger partial charge in [0.05, 0.1) is 22.5 Å². The summed E-state index contributed by atoms with van der Waals surface area (Å²) in [6.45, 7) is 6.47. The fraction of sp³-hybridized carbons (Fsp3) is 0.579. The number of carbonyl (C=O) groups excluding carboxylic acids is 1. The number of anilines is 1. The molecule has 1 amide bonds. The Labute approximate surface area is 190 Å². The monoisotopic (exact) mass is 487 g/mol. The molecule has 0 aromatic carbocycles. The molecular formula is C19H23Cl2N5O4S. The molecule has 2 aliphatic rings. The van der Waals surface area contributed by atoms with Gasteiger partial charge in [0.15, 0.2) is 5.65 Å². The van der Waals surface area contributed by atoms with Crippen LogP contribution in [0.15, 0.2) is 11.2 Å². The molecule has 2 aliphatic heterocycles. The molecule has 2 aromatic rings. The molecule has 2 atom stereocenters. The summed E-state index contributed by atoms with van der Waals surface area (Å²) >= 11 is 12.2. The SMILES string of the molecule is CC(C)(C)OC(=O)N1C2CCC1CN(c1nc(S(C)(=O)=O)nc3nc(Cl)c(Cl)cc13)C2. The Kier molecular flexibility index (Phi) is 5.46. The van der Waals surface area contributed by atoms with Crippen LogP contribution in [0.25, 0.3) is 11.0 Å². The second-order valence-corrected chi connectivity index (χ2v) is 11.6. The number of nitrogens with zero attached hydrogens (tertiary/aromatic N) is 5. The maximum atomic E-state index is 12.7. The summed E-state index contributed by atoms with van der Waals surface area (Å²) in [5.41, 5.74) is -0.426. The Morgan fingerprint density at radius 3 is 2.29 bits per heavy atom. The summed E-state index contributed by atoms with van der Waals surface area (Å²) in [4.78, 5) is 29.1. The first kappa shape index (κ1) is 22.3. The molecule has 31 heavy (non-hydrogen) atoms. The third-order valence-corrected chi connectivity index (χ3v) is 6.79. The third-order valence-electron chi connectivity index (χ3n) is 5.27. The van der Waals surface area contributed by atoms with Crippen LogP contribution < -0.4 is 4.90 Å². The molecule has 12 heteroatoms. The highest BCUT2D eigenvalue weighted by atomic mass is 35.5. The van der Waals surface area contributed by atoms with Gasteiger partial charge in [0, 0.05) is 19.3 Å². The van der Waals surface area contributed by atoms with Gasteiger partial charge in [-0.1, -0.05) is 23.2 Å². The minimum absolute atomic E-state index is 0.0353. The first-order valence-corrected chi connectivity index (χ1v) is 12.5. The number of carbonyl (C=O) groups is 1. The van der Waals surface area contributed by atoms with Gasteiger partial charge in [-0.2, -0.15) is 4.98 Å². The first-order valence-electron chi connectivity index (χ1n) is 9.83. The van der Waals surface area contributed by atoms with Gasteiger partial charge in [-0.15, -0.1) is 0 Å². The number of ether oxygens (including phenoxy) is 1. The van der Waals surface area contributed by atoms with Crippen LogP contribution in [0.2, 0.25) is 10.2 Å². The number of rotatable bonds is 2. The van der Waals surface area contributed by atoms with E-state index < -0.39 is 15.4 Å². The van der Waals surface area contributed by atoms with E-state index >= 15 is 0 Å². The number of hydrogen-bond donors (Lipinski definition) is 0. The Morgan fingerprint density at radius 1 is 1.13 bits per heavy atom. The molecular weight excluding hydrogens is 465 g/mol. The zero-order chi connectivity index (χ0) is 22.7. The van der Waals surface area contributed by atoms with Gasteiger partial charge in [0.25, 0.3) is 5.16 Å². The standard InChI is InChI=1S/C19H23Cl2N5O4S/c1-19(2,3)30-18(27)26-10-5-6-11(26)9-25(8-10)16-12-7-13(20)14(21)22-15(12)23-17(24-16)31(4,28)29/h7,10-11H,5-6,8-9H2,1-4H3. The smallest absolute Gasteiger partial charge is 0.410 e. The van der Waals surface area contributed by atoms with Crippen LogP contribution in [0.4, 0.5) is 10.6 Å². The maximum absolute atomic E-state index is 12.7. The minimum atomic E-state index is -3.68. The fourth-order valence-electron chi connectivity index (χ4n) is 4.07. The molecule has 4 rings (SSSR count). The Morgan fingerprint density at radius 2 is 1.74 bits per heavy atom. The predicted octanol–water partition coefficient (Wildman–Crippen LogP) is 3.32. The van der Waals surface area contributed by atoms with Gasteiger partial charge in [-0.3, -0.25) is 4.90 Å². The minimum Gasteiger partial charge on any atom is -0.444 e. The van der Waals surface area contributed by atoms with Crippen LogP contribution in [0, 0.1) is 0 Å². The van der Waals surface area contributed by atoms with E-state index in [0.717, 1.165) is 19.1 Å². The fourth-order valence-corrected chi connectivity index (χ4v) is 4.86. The summed E-state index contributed by atoms with van der Waals surface area (Å²) in [5.74, 6) is 0.414. The van der Waals surface area contributed by atoms with Crippen molar-refractivity contribution < 1.29 is 17.9 Å². The summed E-state index contributed by atoms with van der Waals surface area (Å²) in [5, 5.41) is 0.435. The van der Waals surface area contributed by atoms with E-state index in [1.54, 1.807) is 11.0 Å². The van der Waals surface area contributed by atoms with Crippen molar-refractivity contribution in [1.82, 2.24) is 19.9 Å². The molecule has 0 radical (unpaired) electrons. The van der Waals surface area contributed by atoms with Gasteiger partial charge < -0.3 is 9.64 Å². The van der Waals surface area contributed by atoms with Crippen molar-refractivity contribution in [3.8, 4) is 0 Å². The van der Waals surface area contributed by atoms with Gasteiger partial charge in [0.2, 0.25) is 9.84 Å². The Balaban J connectivity index is 1.73. The molecule has 2 bridgehead atoms. The summed E-state index contributed by atoms with van der Waals surface area (Å²) in [7, 11) is -3.68. The first-order chi connectivity index (χ1) is 14.3. The van der Waals surface area contributed by atoms with Crippen molar-refractivity contribution in [3.63, 3.8) is 0 Å². The summed E-state index contributed by atoms with van der Waals surface area (Å²) in [6.07, 6.45) is 2.36. The lowest BCUT2D eigenvalue weighted by Gasteiger charge is -2.42. The van der Waals surface area contributed by atoms with E-state index in [-0.39, 0.29) is 39.2 Å². The van der Waals surface area contributed by atoms with E-state index in [0.29, 0.717) is 24.3 Å². The van der Waals surface area contributed by atoms with Crippen molar-refractivity contribution in [3.05, 3.63) is 16.2 Å². The number of amides is 1. The average molecular weight is 488 g/mol. The van der Waals surface area contributed by atoms with Crippen LogP contribution in [-0.2, 0) is 14.6 Å². The molecule has 0 N–H and O–H groups in total. The Hall–Kier alpha value is -1.91. The number of sulfone groups is 1. The topological polar surface area (TPSA) is 106 Å². The normalized spacial score (nSPS) is 21.6. The van der Waals surface area contributed by atoms with Crippen LogP contribution in [0.3, 0.4) is 0 Å². The van der Waals surface area contributed by atoms with Gasteiger partial charge >= 0.3 is 6.09 Å². The Bertz CT molecular complexity index is 1150. The molecule has 9 nitrogen and oxygen atoms in total. The molecule has 0 aliphatic carbocycles. The zero-order valence-electron chi connectivity index (χ0n) is 17.6. The molecule has 168 valence electrons. The number of halogens is 2. The molecule has 2 saturated heterocycles. The van der Waals surface area contributed by atoms with E-state index in [1.165, 1.54) is 0 Å². The molecule has 0 saturated carbocycles. The van der Waals surface area contributed by atoms with Gasteiger partial charge in [-0.05, 0) is 39.7 Å². The molecule has 0 spiro atoms. The quantitative estimate of drug-likeness (QED) is 0.468. The lowest BCUT2D eigenvalue weighted by atomic mass is 10.1. The van der Waals surface area contributed by atoms with Crippen LogP contribution in [0.1, 0.15) is 33.6 Å². The predicted molar refractivity (Wildman–Crippen MR) is 118 cm³/mol. The van der Waals surface area contributed by atoms with Crippen LogP contribution in [0.5, 0.6) is 0 Å². The van der Waals surface area contributed by atoms with E-state index in [1.807, 2.05) is 25.7 Å². The van der Waals surface area contributed by atoms with E-state index in [2.05, 4.69) is 15.0 Å². The number of hydrogen-bond acceptors (Lipinski definition) is 8. The summed E-state index contributed by atoms with van der Waals surface area (Å²) in [6, 6.07) is 1.45. The van der Waals surface area contributed by atoms with Crippen molar-refractivity contribution >= 4 is 56.0 Å². The molecule has 2 fully saturated rings. The lowest BCUT2D eigenvalue weighted by molar-refractivity contribution is 0.0123. The van der Waals surface area contributed by atoms with Crippen molar-refractivity contribution in [1.29, 1.82) is 0 Å². The molecule has 2 aromatic heterocycles. The van der Waals surface area contributed by atoms with E-state index in [9.17, 15) is 13.2 Å². The maximum Gasteiger partial charge on any atom is 0.410 e. The highest BCUT2D eigenvalue weighted by molar-refractivity contribution is 7.90. The van der Waals surface area contributed by atoms with Gasteiger partial charge in [0.1, 0.15) is 16.6 Å². The zero-order valence-corrected chi connectivity index (χ0v) is 19.9. The molecule has 4 heterocycles. The summed E-state index contributed by atoms with van der Waals surface area (Å²) < 4.78 is 29.9. The largest absolute Gasteiger partial charge is 0.444 e. The van der Waals surface area contributed by atoms with Crippen molar-refractivity contribution in [2.24, 2.45) is 0 Å². The van der Waals surface area contributed by atoms with Crippen molar-refractivity contribution in [2.45, 2.75) is 56.5 Å². The third kappa shape index (κ3) is 4.38. The van der Waals surface area contributed by atoms with Crippen LogP contribution in [-0.4, -0.2) is 71.4 Å². The van der Waals surface area contributed by atoms with Gasteiger partial charge in [-0.25, -0.2) is 23.2 Å². The average Bonchev–Trinajstić information content (AvgIpc) is 2.90. The lowest BCUT2D eigenvalue weighted by Crippen LogP contribution is -2.57. The highest BCUT2D eigenvalue weighted by Crippen LogP contribution is 2.36. The number of piperazine rings is 1. The second-order valence-electron chi connectivity index (χ2n) is 8.91. The van der Waals surface area contributed by atoms with Crippen LogP contribution >= 0.6 is 23.2 Å². The number of fused-ring (bicyclic) bond motifs is 3. The van der Waals surface area contributed by atoms with E-state index in [4.69, 9.17) is 27.9 Å². The number of aromatic nitrogens is 3. The second kappa shape index (κ2) is 7.60. The van der Waals surface area contributed by atoms with Crippen molar-refractivity contribution in [2.75, 3.05) is 24.2 Å².